The minimum Gasteiger partial charge on any atom is -0.497 e. The lowest BCUT2D eigenvalue weighted by Crippen LogP contribution is -1.84. The molecule has 0 aromatic heterocycles. The molecule has 0 aliphatic rings. The van der Waals surface area contributed by atoms with Crippen molar-refractivity contribution in [3.8, 4) is 5.75 Å². The topological polar surface area (TPSA) is 9.23 Å². The molecule has 0 saturated carbocycles. The van der Waals surface area contributed by atoms with E-state index < -0.39 is 0 Å². The van der Waals surface area contributed by atoms with Crippen molar-refractivity contribution in [3.05, 3.63) is 60.2 Å². The molecule has 2 rings (SSSR count). The number of rotatable bonds is 4. The number of ether oxygens (including phenoxy) is 1. The van der Waals surface area contributed by atoms with E-state index in [1.807, 2.05) is 30.0 Å². The summed E-state index contributed by atoms with van der Waals surface area (Å²) in [5.74, 6) is 1.90. The van der Waals surface area contributed by atoms with E-state index in [9.17, 15) is 0 Å². The van der Waals surface area contributed by atoms with Gasteiger partial charge in [-0.2, -0.15) is 0 Å². The summed E-state index contributed by atoms with van der Waals surface area (Å²) in [6.07, 6.45) is 0. The monoisotopic (exact) mass is 230 g/mol. The Bertz CT molecular complexity index is 422. The van der Waals surface area contributed by atoms with Gasteiger partial charge in [-0.1, -0.05) is 30.3 Å². The molecule has 0 aliphatic carbocycles. The van der Waals surface area contributed by atoms with Gasteiger partial charge in [-0.3, -0.25) is 0 Å². The molecule has 0 aliphatic heterocycles. The van der Waals surface area contributed by atoms with Gasteiger partial charge in [0.1, 0.15) is 5.75 Å². The third-order valence-corrected chi connectivity index (χ3v) is 3.39. The zero-order chi connectivity index (χ0) is 11.2. The van der Waals surface area contributed by atoms with Gasteiger partial charge in [-0.15, -0.1) is 11.8 Å². The van der Waals surface area contributed by atoms with E-state index >= 15 is 0 Å². The van der Waals surface area contributed by atoms with Crippen LogP contribution < -0.4 is 4.74 Å². The van der Waals surface area contributed by atoms with E-state index in [2.05, 4.69) is 36.4 Å². The summed E-state index contributed by atoms with van der Waals surface area (Å²) in [5, 5.41) is 0. The van der Waals surface area contributed by atoms with Crippen LogP contribution in [-0.4, -0.2) is 7.11 Å². The number of hydrogen-bond donors (Lipinski definition) is 0. The Morgan fingerprint density at radius 1 is 0.938 bits per heavy atom. The molecule has 16 heavy (non-hydrogen) atoms. The van der Waals surface area contributed by atoms with Gasteiger partial charge in [0.25, 0.3) is 0 Å². The molecule has 2 aromatic carbocycles. The van der Waals surface area contributed by atoms with Crippen LogP contribution in [-0.2, 0) is 5.75 Å². The van der Waals surface area contributed by atoms with Gasteiger partial charge in [0.15, 0.2) is 0 Å². The molecular formula is C14H14OS. The lowest BCUT2D eigenvalue weighted by Gasteiger charge is -2.03. The lowest BCUT2D eigenvalue weighted by atomic mass is 10.2. The predicted octanol–water partition coefficient (Wildman–Crippen LogP) is 3.99. The van der Waals surface area contributed by atoms with Crippen molar-refractivity contribution in [3.63, 3.8) is 0 Å². The second kappa shape index (κ2) is 5.61. The van der Waals surface area contributed by atoms with Gasteiger partial charge in [0, 0.05) is 10.6 Å². The molecule has 0 fully saturated rings. The first-order valence-electron chi connectivity index (χ1n) is 5.19. The second-order valence-corrected chi connectivity index (χ2v) is 4.50. The standard InChI is InChI=1S/C14H14OS/c1-15-13-9-7-12(8-10-13)11-16-14-5-3-2-4-6-14/h2-10H,11H2,1H3. The van der Waals surface area contributed by atoms with Crippen LogP contribution in [0.1, 0.15) is 5.56 Å². The Balaban J connectivity index is 1.94. The first-order valence-corrected chi connectivity index (χ1v) is 6.18. The van der Waals surface area contributed by atoms with Gasteiger partial charge in [0.2, 0.25) is 0 Å². The number of methoxy groups -OCH3 is 1. The first-order chi connectivity index (χ1) is 7.88. The molecular weight excluding hydrogens is 216 g/mol. The molecule has 0 unspecified atom stereocenters. The van der Waals surface area contributed by atoms with Crippen molar-refractivity contribution < 1.29 is 4.74 Å². The number of benzene rings is 2. The molecule has 2 aromatic rings. The molecule has 0 amide bonds. The van der Waals surface area contributed by atoms with Crippen LogP contribution in [0.15, 0.2) is 59.5 Å². The van der Waals surface area contributed by atoms with Crippen molar-refractivity contribution in [2.45, 2.75) is 10.6 Å². The minimum atomic E-state index is 0.911. The maximum Gasteiger partial charge on any atom is 0.118 e. The van der Waals surface area contributed by atoms with E-state index in [0.29, 0.717) is 0 Å². The highest BCUT2D eigenvalue weighted by atomic mass is 32.2. The van der Waals surface area contributed by atoms with E-state index in [1.165, 1.54) is 10.5 Å². The molecule has 0 N–H and O–H groups in total. The molecule has 0 bridgehead atoms. The Kier molecular flexibility index (Phi) is 3.89. The summed E-state index contributed by atoms with van der Waals surface area (Å²) >= 11 is 1.85. The maximum absolute atomic E-state index is 5.13. The lowest BCUT2D eigenvalue weighted by molar-refractivity contribution is 0.414. The van der Waals surface area contributed by atoms with E-state index in [4.69, 9.17) is 4.74 Å². The third-order valence-electron chi connectivity index (χ3n) is 2.31. The van der Waals surface area contributed by atoms with E-state index in [1.54, 1.807) is 7.11 Å². The highest BCUT2D eigenvalue weighted by molar-refractivity contribution is 7.98. The Morgan fingerprint density at radius 3 is 2.25 bits per heavy atom. The molecule has 0 atom stereocenters. The zero-order valence-corrected chi connectivity index (χ0v) is 10.0. The summed E-state index contributed by atoms with van der Waals surface area (Å²) in [6, 6.07) is 18.7. The van der Waals surface area contributed by atoms with Crippen molar-refractivity contribution >= 4 is 11.8 Å². The van der Waals surface area contributed by atoms with Crippen molar-refractivity contribution in [2.75, 3.05) is 7.11 Å². The fraction of sp³-hybridized carbons (Fsp3) is 0.143. The van der Waals surface area contributed by atoms with Crippen LogP contribution >= 0.6 is 11.8 Å². The van der Waals surface area contributed by atoms with Gasteiger partial charge < -0.3 is 4.74 Å². The predicted molar refractivity (Wildman–Crippen MR) is 69.0 cm³/mol. The van der Waals surface area contributed by atoms with Gasteiger partial charge in [-0.05, 0) is 29.8 Å². The van der Waals surface area contributed by atoms with Crippen molar-refractivity contribution in [1.29, 1.82) is 0 Å². The van der Waals surface area contributed by atoms with Crippen LogP contribution in [0.2, 0.25) is 0 Å². The molecule has 82 valence electrons. The first kappa shape index (κ1) is 11.1. The average Bonchev–Trinajstić information content (AvgIpc) is 2.38. The summed E-state index contributed by atoms with van der Waals surface area (Å²) in [5.41, 5.74) is 1.31. The maximum atomic E-state index is 5.13. The summed E-state index contributed by atoms with van der Waals surface area (Å²) in [7, 11) is 1.69. The number of hydrogen-bond acceptors (Lipinski definition) is 2. The summed E-state index contributed by atoms with van der Waals surface area (Å²) in [4.78, 5) is 1.30. The van der Waals surface area contributed by atoms with Crippen LogP contribution in [0.3, 0.4) is 0 Å². The Morgan fingerprint density at radius 2 is 1.62 bits per heavy atom. The SMILES string of the molecule is COc1ccc(CSc2ccccc2)cc1. The van der Waals surface area contributed by atoms with Crippen LogP contribution in [0.25, 0.3) is 0 Å². The largest absolute Gasteiger partial charge is 0.497 e. The Hall–Kier alpha value is -1.41. The second-order valence-electron chi connectivity index (χ2n) is 3.45. The average molecular weight is 230 g/mol. The third kappa shape index (κ3) is 3.04. The smallest absolute Gasteiger partial charge is 0.118 e. The van der Waals surface area contributed by atoms with Gasteiger partial charge in [-0.25, -0.2) is 0 Å². The van der Waals surface area contributed by atoms with E-state index in [0.717, 1.165) is 11.5 Å². The normalized spacial score (nSPS) is 10.1. The van der Waals surface area contributed by atoms with Crippen molar-refractivity contribution in [2.24, 2.45) is 0 Å². The minimum absolute atomic E-state index is 0.911. The van der Waals surface area contributed by atoms with Gasteiger partial charge >= 0.3 is 0 Å². The highest BCUT2D eigenvalue weighted by Gasteiger charge is 1.96. The molecule has 0 radical (unpaired) electrons. The van der Waals surface area contributed by atoms with Crippen molar-refractivity contribution in [1.82, 2.24) is 0 Å². The van der Waals surface area contributed by atoms with Gasteiger partial charge in [0.05, 0.1) is 7.11 Å². The Labute approximate surface area is 100 Å². The quantitative estimate of drug-likeness (QED) is 0.734. The summed E-state index contributed by atoms with van der Waals surface area (Å²) in [6.45, 7) is 0. The van der Waals surface area contributed by atoms with Crippen LogP contribution in [0, 0.1) is 0 Å². The number of thioether (sulfide) groups is 1. The molecule has 0 spiro atoms. The fourth-order valence-electron chi connectivity index (χ4n) is 1.41. The van der Waals surface area contributed by atoms with E-state index in [-0.39, 0.29) is 0 Å². The molecule has 0 heterocycles. The molecule has 1 nitrogen and oxygen atoms in total. The molecule has 0 saturated heterocycles. The van der Waals surface area contributed by atoms with Crippen LogP contribution in [0.5, 0.6) is 5.75 Å². The summed E-state index contributed by atoms with van der Waals surface area (Å²) < 4.78 is 5.13. The zero-order valence-electron chi connectivity index (χ0n) is 9.22. The fourth-order valence-corrected chi connectivity index (χ4v) is 2.28. The molecule has 2 heteroatoms. The highest BCUT2D eigenvalue weighted by Crippen LogP contribution is 2.23. The van der Waals surface area contributed by atoms with Crippen LogP contribution in [0.4, 0.5) is 0 Å².